The predicted molar refractivity (Wildman–Crippen MR) is 120 cm³/mol. The van der Waals surface area contributed by atoms with Crippen LogP contribution in [0.25, 0.3) is 11.1 Å². The normalized spacial score (nSPS) is 15.1. The Kier molecular flexibility index (Phi) is 5.95. The first kappa shape index (κ1) is 19.9. The summed E-state index contributed by atoms with van der Waals surface area (Å²) in [5.74, 6) is 0.0505. The van der Waals surface area contributed by atoms with E-state index in [1.54, 1.807) is 0 Å². The van der Waals surface area contributed by atoms with Crippen molar-refractivity contribution in [1.29, 1.82) is 0 Å². The average Bonchev–Trinajstić information content (AvgIpc) is 2.80. The number of aliphatic carboxylic acids is 1. The minimum Gasteiger partial charge on any atom is -0.480 e. The number of piperazine rings is 1. The maximum Gasteiger partial charge on any atom is 0.320 e. The molecule has 1 aliphatic heterocycles. The van der Waals surface area contributed by atoms with Crippen molar-refractivity contribution >= 4 is 17.5 Å². The summed E-state index contributed by atoms with van der Waals surface area (Å²) in [6.07, 6.45) is 2.15. The van der Waals surface area contributed by atoms with E-state index in [1.165, 1.54) is 5.69 Å². The molecule has 0 bridgehead atoms. The molecule has 6 nitrogen and oxygen atoms in total. The molecule has 2 heterocycles. The van der Waals surface area contributed by atoms with Crippen LogP contribution in [-0.4, -0.2) is 48.3 Å². The van der Waals surface area contributed by atoms with Crippen molar-refractivity contribution in [2.45, 2.75) is 12.5 Å². The van der Waals surface area contributed by atoms with Gasteiger partial charge >= 0.3 is 5.97 Å². The molecule has 4 rings (SSSR count). The van der Waals surface area contributed by atoms with E-state index in [9.17, 15) is 4.79 Å². The number of rotatable bonds is 6. The van der Waals surface area contributed by atoms with E-state index >= 15 is 0 Å². The Labute approximate surface area is 176 Å². The molecular formula is C24H26N4O2. The fourth-order valence-electron chi connectivity index (χ4n) is 3.84. The summed E-state index contributed by atoms with van der Waals surface area (Å²) in [4.78, 5) is 20.2. The summed E-state index contributed by atoms with van der Waals surface area (Å²) < 4.78 is 0. The predicted octanol–water partition coefficient (Wildman–Crippen LogP) is 3.03. The van der Waals surface area contributed by atoms with Crippen LogP contribution in [0.5, 0.6) is 0 Å². The first-order valence-corrected chi connectivity index (χ1v) is 10.2. The highest BCUT2D eigenvalue weighted by Gasteiger charge is 2.18. The molecule has 6 heteroatoms. The molecule has 30 heavy (non-hydrogen) atoms. The lowest BCUT2D eigenvalue weighted by atomic mass is 9.99. The van der Waals surface area contributed by atoms with Crippen LogP contribution in [0.3, 0.4) is 0 Å². The van der Waals surface area contributed by atoms with Crippen molar-refractivity contribution in [2.24, 2.45) is 5.73 Å². The SMILES string of the molecule is NC(Cc1cccc(-c2cccc(N3CCN(c4ccccn4)CC3)c2)c1)C(=O)O. The topological polar surface area (TPSA) is 82.7 Å². The summed E-state index contributed by atoms with van der Waals surface area (Å²) in [6, 6.07) is 21.6. The highest BCUT2D eigenvalue weighted by Crippen LogP contribution is 2.27. The summed E-state index contributed by atoms with van der Waals surface area (Å²) in [5, 5.41) is 9.06. The highest BCUT2D eigenvalue weighted by molar-refractivity contribution is 5.74. The number of nitrogens with two attached hydrogens (primary N) is 1. The molecule has 1 saturated heterocycles. The lowest BCUT2D eigenvalue weighted by Gasteiger charge is -2.36. The van der Waals surface area contributed by atoms with Crippen LogP contribution in [0.15, 0.2) is 72.9 Å². The van der Waals surface area contributed by atoms with Gasteiger partial charge in [0.1, 0.15) is 11.9 Å². The van der Waals surface area contributed by atoms with Crippen LogP contribution in [0, 0.1) is 0 Å². The second-order valence-electron chi connectivity index (χ2n) is 7.56. The molecule has 0 saturated carbocycles. The van der Waals surface area contributed by atoms with Crippen molar-refractivity contribution in [3.63, 3.8) is 0 Å². The number of carbonyl (C=O) groups is 1. The molecule has 1 aromatic heterocycles. The van der Waals surface area contributed by atoms with Crippen molar-refractivity contribution in [3.05, 3.63) is 78.5 Å². The number of benzene rings is 2. The van der Waals surface area contributed by atoms with Gasteiger partial charge in [0, 0.05) is 38.1 Å². The number of carboxylic acid groups (broad SMARTS) is 1. The number of aromatic nitrogens is 1. The zero-order valence-electron chi connectivity index (χ0n) is 16.8. The molecule has 0 aliphatic carbocycles. The molecule has 3 N–H and O–H groups in total. The Bertz CT molecular complexity index is 1000. The van der Waals surface area contributed by atoms with Crippen LogP contribution in [0.2, 0.25) is 0 Å². The first-order chi connectivity index (χ1) is 14.6. The second-order valence-corrected chi connectivity index (χ2v) is 7.56. The zero-order chi connectivity index (χ0) is 20.9. The highest BCUT2D eigenvalue weighted by atomic mass is 16.4. The Morgan fingerprint density at radius 2 is 1.63 bits per heavy atom. The number of hydrogen-bond acceptors (Lipinski definition) is 5. The molecule has 2 aromatic carbocycles. The third kappa shape index (κ3) is 4.60. The monoisotopic (exact) mass is 402 g/mol. The smallest absolute Gasteiger partial charge is 0.320 e. The van der Waals surface area contributed by atoms with Crippen LogP contribution >= 0.6 is 0 Å². The van der Waals surface area contributed by atoms with Crippen molar-refractivity contribution in [1.82, 2.24) is 4.98 Å². The van der Waals surface area contributed by atoms with Gasteiger partial charge < -0.3 is 20.6 Å². The summed E-state index contributed by atoms with van der Waals surface area (Å²) in [6.45, 7) is 3.74. The fourth-order valence-corrected chi connectivity index (χ4v) is 3.84. The first-order valence-electron chi connectivity index (χ1n) is 10.2. The van der Waals surface area contributed by atoms with E-state index in [-0.39, 0.29) is 0 Å². The Morgan fingerprint density at radius 1 is 0.933 bits per heavy atom. The van der Waals surface area contributed by atoms with Gasteiger partial charge in [0.2, 0.25) is 0 Å². The minimum absolute atomic E-state index is 0.318. The van der Waals surface area contributed by atoms with E-state index < -0.39 is 12.0 Å². The van der Waals surface area contributed by atoms with E-state index in [0.29, 0.717) is 6.42 Å². The van der Waals surface area contributed by atoms with Crippen LogP contribution in [0.1, 0.15) is 5.56 Å². The maximum atomic E-state index is 11.1. The molecule has 3 aromatic rings. The van der Waals surface area contributed by atoms with Crippen molar-refractivity contribution in [3.8, 4) is 11.1 Å². The number of nitrogens with zero attached hydrogens (tertiary/aromatic N) is 3. The van der Waals surface area contributed by atoms with Crippen molar-refractivity contribution in [2.75, 3.05) is 36.0 Å². The Hall–Kier alpha value is -3.38. The number of pyridine rings is 1. The van der Waals surface area contributed by atoms with Crippen LogP contribution < -0.4 is 15.5 Å². The minimum atomic E-state index is -0.979. The molecule has 1 atom stereocenters. The van der Waals surface area contributed by atoms with E-state index in [1.807, 2.05) is 42.6 Å². The second kappa shape index (κ2) is 8.97. The van der Waals surface area contributed by atoms with Crippen molar-refractivity contribution < 1.29 is 9.90 Å². The third-order valence-electron chi connectivity index (χ3n) is 5.50. The van der Waals surface area contributed by atoms with Gasteiger partial charge in [0.25, 0.3) is 0 Å². The van der Waals surface area contributed by atoms with Gasteiger partial charge in [0.15, 0.2) is 0 Å². The van der Waals surface area contributed by atoms with Gasteiger partial charge in [-0.1, -0.05) is 42.5 Å². The molecule has 0 amide bonds. The Balaban J connectivity index is 1.47. The lowest BCUT2D eigenvalue weighted by molar-refractivity contribution is -0.138. The molecule has 0 spiro atoms. The summed E-state index contributed by atoms with van der Waals surface area (Å²) in [5.41, 5.74) is 10.0. The number of hydrogen-bond donors (Lipinski definition) is 2. The summed E-state index contributed by atoms with van der Waals surface area (Å²) >= 11 is 0. The zero-order valence-corrected chi connectivity index (χ0v) is 16.8. The molecule has 0 radical (unpaired) electrons. The fraction of sp³-hybridized carbons (Fsp3) is 0.250. The number of carboxylic acids is 1. The molecule has 1 fully saturated rings. The van der Waals surface area contributed by atoms with Gasteiger partial charge in [-0.05, 0) is 47.4 Å². The maximum absolute atomic E-state index is 11.1. The molecule has 1 aliphatic rings. The molecular weight excluding hydrogens is 376 g/mol. The van der Waals surface area contributed by atoms with E-state index in [2.05, 4.69) is 45.1 Å². The van der Waals surface area contributed by atoms with E-state index in [0.717, 1.165) is 48.7 Å². The van der Waals surface area contributed by atoms with E-state index in [4.69, 9.17) is 10.8 Å². The standard InChI is InChI=1S/C24H26N4O2/c25-22(24(29)30)16-18-5-3-6-19(15-18)20-7-4-8-21(17-20)27-11-13-28(14-12-27)23-9-1-2-10-26-23/h1-10,15,17,22H,11-14,16,25H2,(H,29,30). The van der Waals surface area contributed by atoms with Gasteiger partial charge in [0.05, 0.1) is 0 Å². The van der Waals surface area contributed by atoms with Gasteiger partial charge in [-0.25, -0.2) is 4.98 Å². The van der Waals surface area contributed by atoms with Gasteiger partial charge in [-0.15, -0.1) is 0 Å². The lowest BCUT2D eigenvalue weighted by Crippen LogP contribution is -2.46. The van der Waals surface area contributed by atoms with Crippen LogP contribution in [0.4, 0.5) is 11.5 Å². The molecule has 1 unspecified atom stereocenters. The Morgan fingerprint density at radius 3 is 2.33 bits per heavy atom. The summed E-state index contributed by atoms with van der Waals surface area (Å²) in [7, 11) is 0. The van der Waals surface area contributed by atoms with Crippen LogP contribution in [-0.2, 0) is 11.2 Å². The largest absolute Gasteiger partial charge is 0.480 e. The van der Waals surface area contributed by atoms with Gasteiger partial charge in [-0.2, -0.15) is 0 Å². The average molecular weight is 402 g/mol. The van der Waals surface area contributed by atoms with Gasteiger partial charge in [-0.3, -0.25) is 4.79 Å². The number of anilines is 2. The quantitative estimate of drug-likeness (QED) is 0.660. The third-order valence-corrected chi connectivity index (χ3v) is 5.50. The molecule has 154 valence electrons.